The molecule has 2 rings (SSSR count). The van der Waals surface area contributed by atoms with Gasteiger partial charge in [0.05, 0.1) is 17.0 Å². The zero-order valence-electron chi connectivity index (χ0n) is 11.0. The molecule has 0 fully saturated rings. The van der Waals surface area contributed by atoms with Gasteiger partial charge in [0.15, 0.2) is 5.01 Å². The Morgan fingerprint density at radius 3 is 2.85 bits per heavy atom. The maximum absolute atomic E-state index is 13.9. The van der Waals surface area contributed by atoms with Gasteiger partial charge in [-0.15, -0.1) is 10.2 Å². The first kappa shape index (κ1) is 14.5. The highest BCUT2D eigenvalue weighted by Gasteiger charge is 2.17. The quantitative estimate of drug-likeness (QED) is 0.677. The molecule has 1 unspecified atom stereocenters. The van der Waals surface area contributed by atoms with Crippen molar-refractivity contribution in [2.24, 2.45) is 0 Å². The van der Waals surface area contributed by atoms with Crippen molar-refractivity contribution in [1.82, 2.24) is 15.5 Å². The van der Waals surface area contributed by atoms with E-state index in [4.69, 9.17) is 0 Å². The third-order valence-electron chi connectivity index (χ3n) is 2.72. The lowest BCUT2D eigenvalue weighted by molar-refractivity contribution is -0.385. The fraction of sp³-hybridized carbons (Fsp3) is 0.333. The van der Waals surface area contributed by atoms with Gasteiger partial charge < -0.3 is 5.32 Å². The molecule has 106 valence electrons. The lowest BCUT2D eigenvalue weighted by atomic mass is 10.2. The van der Waals surface area contributed by atoms with Gasteiger partial charge in [0, 0.05) is 11.6 Å². The molecule has 1 aromatic heterocycles. The summed E-state index contributed by atoms with van der Waals surface area (Å²) in [6.07, 6.45) is 0. The third-order valence-corrected chi connectivity index (χ3v) is 3.85. The molecule has 0 aliphatic rings. The average Bonchev–Trinajstić information content (AvgIpc) is 2.88. The van der Waals surface area contributed by atoms with Crippen LogP contribution in [0.5, 0.6) is 0 Å². The lowest BCUT2D eigenvalue weighted by Gasteiger charge is -2.06. The van der Waals surface area contributed by atoms with Gasteiger partial charge in [-0.25, -0.2) is 4.39 Å². The van der Waals surface area contributed by atoms with Crippen LogP contribution in [0.25, 0.3) is 10.6 Å². The van der Waals surface area contributed by atoms with E-state index in [1.54, 1.807) is 0 Å². The van der Waals surface area contributed by atoms with E-state index in [2.05, 4.69) is 15.5 Å². The van der Waals surface area contributed by atoms with Crippen LogP contribution in [0.3, 0.4) is 0 Å². The summed E-state index contributed by atoms with van der Waals surface area (Å²) in [5.74, 6) is -0.669. The highest BCUT2D eigenvalue weighted by molar-refractivity contribution is 7.14. The summed E-state index contributed by atoms with van der Waals surface area (Å²) in [5, 5.41) is 22.9. The number of nitro benzene ring substituents is 1. The topological polar surface area (TPSA) is 81.0 Å². The van der Waals surface area contributed by atoms with E-state index >= 15 is 0 Å². The Kier molecular flexibility index (Phi) is 4.35. The van der Waals surface area contributed by atoms with Crippen LogP contribution in [0.4, 0.5) is 10.1 Å². The molecule has 20 heavy (non-hydrogen) atoms. The number of hydrogen-bond donors (Lipinski definition) is 1. The molecule has 0 aliphatic carbocycles. The first-order chi connectivity index (χ1) is 9.52. The minimum absolute atomic E-state index is 0.0346. The minimum Gasteiger partial charge on any atom is -0.308 e. The predicted molar refractivity (Wildman–Crippen MR) is 74.0 cm³/mol. The van der Waals surface area contributed by atoms with Crippen LogP contribution in [0.2, 0.25) is 0 Å². The smallest absolute Gasteiger partial charge is 0.272 e. The molecule has 0 saturated carbocycles. The minimum atomic E-state index is -0.669. The molecule has 6 nitrogen and oxygen atoms in total. The molecule has 2 aromatic rings. The van der Waals surface area contributed by atoms with Crippen molar-refractivity contribution in [2.45, 2.75) is 19.9 Å². The van der Waals surface area contributed by atoms with Crippen molar-refractivity contribution in [3.05, 3.63) is 39.1 Å². The Morgan fingerprint density at radius 2 is 2.25 bits per heavy atom. The summed E-state index contributed by atoms with van der Waals surface area (Å²) in [6, 6.07) is 3.54. The third kappa shape index (κ3) is 2.97. The zero-order chi connectivity index (χ0) is 14.7. The molecular weight excluding hydrogens is 283 g/mol. The number of rotatable bonds is 5. The van der Waals surface area contributed by atoms with Crippen molar-refractivity contribution in [1.29, 1.82) is 0 Å². The van der Waals surface area contributed by atoms with E-state index < -0.39 is 10.7 Å². The molecule has 0 radical (unpaired) electrons. The SMILES string of the molecule is CCNC(C)c1nnc(-c2ccc([N+](=O)[O-])cc2F)s1. The zero-order valence-corrected chi connectivity index (χ0v) is 11.8. The summed E-state index contributed by atoms with van der Waals surface area (Å²) in [6.45, 7) is 4.72. The number of nitrogens with one attached hydrogen (secondary N) is 1. The Morgan fingerprint density at radius 1 is 1.50 bits per heavy atom. The first-order valence-corrected chi connectivity index (χ1v) is 6.85. The highest BCUT2D eigenvalue weighted by Crippen LogP contribution is 2.30. The van der Waals surface area contributed by atoms with Gasteiger partial charge in [0.2, 0.25) is 0 Å². The molecule has 0 spiro atoms. The Hall–Kier alpha value is -1.93. The van der Waals surface area contributed by atoms with Gasteiger partial charge in [0.25, 0.3) is 5.69 Å². The molecule has 1 N–H and O–H groups in total. The molecule has 1 atom stereocenters. The molecular formula is C12H13FN4O2S. The second-order valence-corrected chi connectivity index (χ2v) is 5.16. The van der Waals surface area contributed by atoms with Gasteiger partial charge in [-0.1, -0.05) is 18.3 Å². The van der Waals surface area contributed by atoms with Crippen LogP contribution >= 0.6 is 11.3 Å². The predicted octanol–water partition coefficient (Wildman–Crippen LogP) is 2.92. The summed E-state index contributed by atoms with van der Waals surface area (Å²) in [4.78, 5) is 9.94. The van der Waals surface area contributed by atoms with Crippen LogP contribution in [0.15, 0.2) is 18.2 Å². The number of non-ortho nitro benzene ring substituents is 1. The maximum atomic E-state index is 13.9. The summed E-state index contributed by atoms with van der Waals surface area (Å²) >= 11 is 1.27. The fourth-order valence-electron chi connectivity index (χ4n) is 1.70. The standard InChI is InChI=1S/C12H13FN4O2S/c1-3-14-7(2)11-15-16-12(20-11)9-5-4-8(17(18)19)6-10(9)13/h4-7,14H,3H2,1-2H3. The van der Waals surface area contributed by atoms with Crippen molar-refractivity contribution in [3.8, 4) is 10.6 Å². The van der Waals surface area contributed by atoms with E-state index in [0.717, 1.165) is 17.6 Å². The number of benzene rings is 1. The van der Waals surface area contributed by atoms with Crippen molar-refractivity contribution in [3.63, 3.8) is 0 Å². The largest absolute Gasteiger partial charge is 0.308 e. The second kappa shape index (κ2) is 6.02. The summed E-state index contributed by atoms with van der Waals surface area (Å²) in [7, 11) is 0. The molecule has 8 heteroatoms. The second-order valence-electron chi connectivity index (χ2n) is 4.15. The van der Waals surface area contributed by atoms with Gasteiger partial charge >= 0.3 is 0 Å². The Balaban J connectivity index is 2.30. The van der Waals surface area contributed by atoms with Crippen molar-refractivity contribution < 1.29 is 9.31 Å². The average molecular weight is 296 g/mol. The van der Waals surface area contributed by atoms with Crippen LogP contribution < -0.4 is 5.32 Å². The van der Waals surface area contributed by atoms with E-state index in [9.17, 15) is 14.5 Å². The Bertz CT molecular complexity index is 632. The first-order valence-electron chi connectivity index (χ1n) is 6.04. The van der Waals surface area contributed by atoms with E-state index in [-0.39, 0.29) is 17.3 Å². The number of nitrogens with zero attached hydrogens (tertiary/aromatic N) is 3. The van der Waals surface area contributed by atoms with E-state index in [1.165, 1.54) is 23.5 Å². The Labute approximate surface area is 118 Å². The van der Waals surface area contributed by atoms with Gasteiger partial charge in [-0.3, -0.25) is 10.1 Å². The van der Waals surface area contributed by atoms with Crippen LogP contribution in [0.1, 0.15) is 24.9 Å². The molecule has 0 aliphatic heterocycles. The lowest BCUT2D eigenvalue weighted by Crippen LogP contribution is -2.17. The molecule has 0 bridgehead atoms. The van der Waals surface area contributed by atoms with Crippen LogP contribution in [-0.4, -0.2) is 21.7 Å². The van der Waals surface area contributed by atoms with Gasteiger partial charge in [0.1, 0.15) is 10.8 Å². The molecule has 0 amide bonds. The van der Waals surface area contributed by atoms with E-state index in [0.29, 0.717) is 5.01 Å². The van der Waals surface area contributed by atoms with Crippen LogP contribution in [-0.2, 0) is 0 Å². The fourth-order valence-corrected chi connectivity index (χ4v) is 2.60. The molecule has 0 saturated heterocycles. The van der Waals surface area contributed by atoms with Crippen LogP contribution in [0, 0.1) is 15.9 Å². The van der Waals surface area contributed by atoms with E-state index in [1.807, 2.05) is 13.8 Å². The normalized spacial score (nSPS) is 12.3. The number of nitro groups is 1. The molecule has 1 heterocycles. The van der Waals surface area contributed by atoms with Gasteiger partial charge in [-0.2, -0.15) is 0 Å². The van der Waals surface area contributed by atoms with Gasteiger partial charge in [-0.05, 0) is 19.5 Å². The van der Waals surface area contributed by atoms with Crippen molar-refractivity contribution in [2.75, 3.05) is 6.54 Å². The van der Waals surface area contributed by atoms with Crippen molar-refractivity contribution >= 4 is 17.0 Å². The monoisotopic (exact) mass is 296 g/mol. The number of hydrogen-bond acceptors (Lipinski definition) is 6. The highest BCUT2D eigenvalue weighted by atomic mass is 32.1. The molecule has 1 aromatic carbocycles. The number of aromatic nitrogens is 2. The summed E-state index contributed by atoms with van der Waals surface area (Å²) in [5.41, 5.74) is -0.0555. The number of halogens is 1. The summed E-state index contributed by atoms with van der Waals surface area (Å²) < 4.78 is 13.9. The maximum Gasteiger partial charge on any atom is 0.272 e.